The van der Waals surface area contributed by atoms with Gasteiger partial charge in [0.25, 0.3) is 0 Å². The molecule has 1 aromatic heterocycles. The van der Waals surface area contributed by atoms with Gasteiger partial charge in [0.05, 0.1) is 8.81 Å². The van der Waals surface area contributed by atoms with E-state index in [0.29, 0.717) is 8.81 Å². The number of primary sulfonamides is 1. The zero-order valence-electron chi connectivity index (χ0n) is 5.04. The van der Waals surface area contributed by atoms with Crippen LogP contribution in [0.4, 0.5) is 0 Å². The van der Waals surface area contributed by atoms with Crippen molar-refractivity contribution in [3.05, 3.63) is 14.9 Å². The number of sulfonamides is 1. The quantitative estimate of drug-likeness (QED) is 0.850. The van der Waals surface area contributed by atoms with E-state index in [2.05, 4.69) is 15.9 Å². The van der Waals surface area contributed by atoms with Crippen molar-refractivity contribution in [3.8, 4) is 0 Å². The molecule has 0 saturated heterocycles. The van der Waals surface area contributed by atoms with Crippen molar-refractivity contribution in [2.45, 2.75) is 4.21 Å². The fourth-order valence-electron chi connectivity index (χ4n) is 0.519. The fraction of sp³-hybridized carbons (Fsp3) is 0. The summed E-state index contributed by atoms with van der Waals surface area (Å²) in [5, 5.41) is 4.86. The third kappa shape index (κ3) is 2.16. The molecule has 0 bridgehead atoms. The molecule has 0 saturated carbocycles. The zero-order chi connectivity index (χ0) is 8.65. The Kier molecular flexibility index (Phi) is 2.60. The highest BCUT2D eigenvalue weighted by atomic mass is 79.9. The van der Waals surface area contributed by atoms with Gasteiger partial charge < -0.3 is 0 Å². The average molecular weight is 277 g/mol. The van der Waals surface area contributed by atoms with E-state index in [0.717, 1.165) is 11.3 Å². The summed E-state index contributed by atoms with van der Waals surface area (Å²) in [6.07, 6.45) is 0. The van der Waals surface area contributed by atoms with Gasteiger partial charge in [0.2, 0.25) is 10.0 Å². The lowest BCUT2D eigenvalue weighted by atomic mass is 10.7. The summed E-state index contributed by atoms with van der Waals surface area (Å²) >= 11 is 9.49. The molecule has 0 aliphatic heterocycles. The standard InChI is InChI=1S/C4H3BrClNO2S2/c5-2-1-3(6)10-4(2)11(7,8)9/h1H,(H2,7,8,9). The first kappa shape index (κ1) is 9.47. The molecule has 0 fully saturated rings. The summed E-state index contributed by atoms with van der Waals surface area (Å²) in [4.78, 5) is 0. The van der Waals surface area contributed by atoms with Crippen molar-refractivity contribution >= 4 is 48.9 Å². The molecular weight excluding hydrogens is 274 g/mol. The summed E-state index contributed by atoms with van der Waals surface area (Å²) in [6, 6.07) is 1.49. The molecule has 0 atom stereocenters. The Balaban J connectivity index is 3.36. The van der Waals surface area contributed by atoms with Gasteiger partial charge in [-0.05, 0) is 22.0 Å². The molecule has 0 aliphatic rings. The van der Waals surface area contributed by atoms with Crippen LogP contribution in [0.1, 0.15) is 0 Å². The van der Waals surface area contributed by atoms with E-state index >= 15 is 0 Å². The van der Waals surface area contributed by atoms with Gasteiger partial charge >= 0.3 is 0 Å². The molecular formula is C4H3BrClNO2S2. The molecule has 0 spiro atoms. The van der Waals surface area contributed by atoms with E-state index in [1.54, 1.807) is 0 Å². The maximum absolute atomic E-state index is 10.8. The van der Waals surface area contributed by atoms with E-state index in [1.807, 2.05) is 0 Å². The predicted octanol–water partition coefficient (Wildman–Crippen LogP) is 1.81. The van der Waals surface area contributed by atoms with Crippen LogP contribution in [0, 0.1) is 0 Å². The second-order valence-corrected chi connectivity index (χ2v) is 6.03. The largest absolute Gasteiger partial charge is 0.248 e. The van der Waals surface area contributed by atoms with Crippen molar-refractivity contribution in [3.63, 3.8) is 0 Å². The molecule has 7 heteroatoms. The Hall–Kier alpha value is 0.380. The van der Waals surface area contributed by atoms with Gasteiger partial charge in [0.1, 0.15) is 4.21 Å². The fourth-order valence-corrected chi connectivity index (χ4v) is 4.00. The van der Waals surface area contributed by atoms with Crippen LogP contribution < -0.4 is 5.14 Å². The lowest BCUT2D eigenvalue weighted by molar-refractivity contribution is 0.599. The van der Waals surface area contributed by atoms with E-state index in [1.165, 1.54) is 6.07 Å². The molecule has 0 radical (unpaired) electrons. The average Bonchev–Trinajstić information content (AvgIpc) is 2.08. The molecule has 62 valence electrons. The minimum Gasteiger partial charge on any atom is -0.224 e. The van der Waals surface area contributed by atoms with Crippen LogP contribution in [-0.2, 0) is 10.0 Å². The van der Waals surface area contributed by atoms with Crippen molar-refractivity contribution < 1.29 is 8.42 Å². The zero-order valence-corrected chi connectivity index (χ0v) is 9.02. The second kappa shape index (κ2) is 3.02. The first-order chi connectivity index (χ1) is 4.91. The Labute approximate surface area is 81.3 Å². The summed E-state index contributed by atoms with van der Waals surface area (Å²) in [5.74, 6) is 0. The predicted molar refractivity (Wildman–Crippen MR) is 48.4 cm³/mol. The number of thiophene rings is 1. The van der Waals surface area contributed by atoms with Crippen molar-refractivity contribution in [2.75, 3.05) is 0 Å². The lowest BCUT2D eigenvalue weighted by Crippen LogP contribution is -2.10. The topological polar surface area (TPSA) is 60.2 Å². The minimum absolute atomic E-state index is 0.0579. The van der Waals surface area contributed by atoms with Crippen molar-refractivity contribution in [1.82, 2.24) is 0 Å². The minimum atomic E-state index is -3.63. The van der Waals surface area contributed by atoms with E-state index in [4.69, 9.17) is 16.7 Å². The van der Waals surface area contributed by atoms with Crippen molar-refractivity contribution in [2.24, 2.45) is 5.14 Å². The molecule has 1 aromatic rings. The van der Waals surface area contributed by atoms with Gasteiger partial charge in [-0.1, -0.05) is 11.6 Å². The van der Waals surface area contributed by atoms with Crippen LogP contribution in [0.5, 0.6) is 0 Å². The normalized spacial score (nSPS) is 11.9. The highest BCUT2D eigenvalue weighted by molar-refractivity contribution is 9.10. The highest BCUT2D eigenvalue weighted by Gasteiger charge is 2.15. The molecule has 11 heavy (non-hydrogen) atoms. The molecule has 1 rings (SSSR count). The molecule has 0 aliphatic carbocycles. The van der Waals surface area contributed by atoms with Crippen LogP contribution in [0.3, 0.4) is 0 Å². The van der Waals surface area contributed by atoms with E-state index in [-0.39, 0.29) is 4.21 Å². The monoisotopic (exact) mass is 275 g/mol. The van der Waals surface area contributed by atoms with Crippen molar-refractivity contribution in [1.29, 1.82) is 0 Å². The molecule has 3 nitrogen and oxygen atoms in total. The Morgan fingerprint density at radius 2 is 2.18 bits per heavy atom. The maximum Gasteiger partial charge on any atom is 0.248 e. The molecule has 2 N–H and O–H groups in total. The first-order valence-corrected chi connectivity index (χ1v) is 5.92. The van der Waals surface area contributed by atoms with Gasteiger partial charge in [-0.25, -0.2) is 13.6 Å². The number of rotatable bonds is 1. The Morgan fingerprint density at radius 1 is 1.64 bits per heavy atom. The maximum atomic E-state index is 10.8. The Bertz CT molecular complexity index is 371. The molecule has 1 heterocycles. The lowest BCUT2D eigenvalue weighted by Gasteiger charge is -1.90. The summed E-state index contributed by atoms with van der Waals surface area (Å²) in [5.41, 5.74) is 0. The third-order valence-corrected chi connectivity index (χ3v) is 4.78. The first-order valence-electron chi connectivity index (χ1n) is 2.39. The second-order valence-electron chi connectivity index (χ2n) is 1.73. The third-order valence-electron chi connectivity index (χ3n) is 0.884. The summed E-state index contributed by atoms with van der Waals surface area (Å²) in [6.45, 7) is 0. The molecule has 0 aromatic carbocycles. The summed E-state index contributed by atoms with van der Waals surface area (Å²) < 4.78 is 22.4. The van der Waals surface area contributed by atoms with E-state index in [9.17, 15) is 8.42 Å². The van der Waals surface area contributed by atoms with Gasteiger partial charge in [0, 0.05) is 0 Å². The number of hydrogen-bond donors (Lipinski definition) is 1. The SMILES string of the molecule is NS(=O)(=O)c1sc(Cl)cc1Br. The van der Waals surface area contributed by atoms with Crippen LogP contribution >= 0.6 is 38.9 Å². The van der Waals surface area contributed by atoms with Gasteiger partial charge in [-0.3, -0.25) is 0 Å². The van der Waals surface area contributed by atoms with Gasteiger partial charge in [-0.15, -0.1) is 11.3 Å². The van der Waals surface area contributed by atoms with Crippen LogP contribution in [-0.4, -0.2) is 8.42 Å². The number of halogens is 2. The van der Waals surface area contributed by atoms with Crippen LogP contribution in [0.25, 0.3) is 0 Å². The van der Waals surface area contributed by atoms with Crippen LogP contribution in [0.2, 0.25) is 4.34 Å². The number of nitrogens with two attached hydrogens (primary N) is 1. The molecule has 0 unspecified atom stereocenters. The number of hydrogen-bond acceptors (Lipinski definition) is 3. The smallest absolute Gasteiger partial charge is 0.224 e. The summed E-state index contributed by atoms with van der Waals surface area (Å²) in [7, 11) is -3.63. The van der Waals surface area contributed by atoms with Crippen LogP contribution in [0.15, 0.2) is 14.7 Å². The molecule has 0 amide bonds. The Morgan fingerprint density at radius 3 is 2.36 bits per heavy atom. The van der Waals surface area contributed by atoms with Gasteiger partial charge in [-0.2, -0.15) is 0 Å². The van der Waals surface area contributed by atoms with Gasteiger partial charge in [0.15, 0.2) is 0 Å². The van der Waals surface area contributed by atoms with E-state index < -0.39 is 10.0 Å². The highest BCUT2D eigenvalue weighted by Crippen LogP contribution is 2.33.